The van der Waals surface area contributed by atoms with Crippen LogP contribution in [-0.4, -0.2) is 42.5 Å². The van der Waals surface area contributed by atoms with Crippen LogP contribution in [0.15, 0.2) is 23.2 Å². The molecule has 16 heavy (non-hydrogen) atoms. The van der Waals surface area contributed by atoms with Crippen LogP contribution < -0.4 is 5.73 Å². The lowest BCUT2D eigenvalue weighted by Crippen LogP contribution is -2.33. The summed E-state index contributed by atoms with van der Waals surface area (Å²) in [5.74, 6) is 0.261. The van der Waals surface area contributed by atoms with Crippen LogP contribution in [0.25, 0.3) is 0 Å². The maximum Gasteiger partial charge on any atom is 0.244 e. The fourth-order valence-corrected chi connectivity index (χ4v) is 2.39. The highest BCUT2D eigenvalue weighted by molar-refractivity contribution is 7.89. The summed E-state index contributed by atoms with van der Waals surface area (Å²) in [6.07, 6.45) is 0.477. The van der Waals surface area contributed by atoms with E-state index in [0.29, 0.717) is 0 Å². The van der Waals surface area contributed by atoms with Gasteiger partial charge in [0.15, 0.2) is 0 Å². The van der Waals surface area contributed by atoms with Gasteiger partial charge in [-0.3, -0.25) is 0 Å². The van der Waals surface area contributed by atoms with Gasteiger partial charge in [0.1, 0.15) is 10.7 Å². The van der Waals surface area contributed by atoms with Gasteiger partial charge >= 0.3 is 0 Å². The predicted molar refractivity (Wildman–Crippen MR) is 60.1 cm³/mol. The van der Waals surface area contributed by atoms with Crippen LogP contribution in [0.1, 0.15) is 6.92 Å². The number of nitrogens with two attached hydrogens (primary N) is 1. The number of aromatic nitrogens is 1. The monoisotopic (exact) mass is 245 g/mol. The summed E-state index contributed by atoms with van der Waals surface area (Å²) in [6, 6.07) is 2.80. The molecule has 1 aromatic rings. The molecule has 0 aliphatic carbocycles. The molecule has 0 radical (unpaired) electrons. The number of aliphatic hydroxyl groups excluding tert-OH is 1. The number of hydrogen-bond acceptors (Lipinski definition) is 5. The van der Waals surface area contributed by atoms with Crippen LogP contribution >= 0.6 is 0 Å². The third-order valence-corrected chi connectivity index (χ3v) is 3.80. The molecular formula is C9H15N3O3S. The van der Waals surface area contributed by atoms with Crippen molar-refractivity contribution >= 4 is 15.8 Å². The quantitative estimate of drug-likeness (QED) is 0.756. The number of hydrogen-bond donors (Lipinski definition) is 2. The molecule has 3 N–H and O–H groups in total. The van der Waals surface area contributed by atoms with Gasteiger partial charge in [0.2, 0.25) is 10.0 Å². The summed E-state index contributed by atoms with van der Waals surface area (Å²) >= 11 is 0. The number of pyridine rings is 1. The molecule has 0 aliphatic rings. The smallest absolute Gasteiger partial charge is 0.244 e. The van der Waals surface area contributed by atoms with E-state index in [-0.39, 0.29) is 17.3 Å². The lowest BCUT2D eigenvalue weighted by molar-refractivity contribution is 0.171. The molecule has 6 nitrogen and oxygen atoms in total. The van der Waals surface area contributed by atoms with E-state index in [9.17, 15) is 8.42 Å². The van der Waals surface area contributed by atoms with Gasteiger partial charge in [-0.05, 0) is 19.1 Å². The summed E-state index contributed by atoms with van der Waals surface area (Å²) in [6.45, 7) is 1.56. The first-order valence-corrected chi connectivity index (χ1v) is 6.14. The number of aliphatic hydroxyl groups is 1. The Morgan fingerprint density at radius 2 is 2.19 bits per heavy atom. The SMILES string of the molecule is CC(O)CN(C)S(=O)(=O)c1ccc(N)nc1. The maximum absolute atomic E-state index is 11.9. The summed E-state index contributed by atoms with van der Waals surface area (Å²) < 4.78 is 24.9. The Balaban J connectivity index is 2.97. The largest absolute Gasteiger partial charge is 0.392 e. The third kappa shape index (κ3) is 2.91. The molecule has 0 saturated heterocycles. The third-order valence-electron chi connectivity index (χ3n) is 1.99. The van der Waals surface area contributed by atoms with Crippen LogP contribution in [-0.2, 0) is 10.0 Å². The summed E-state index contributed by atoms with van der Waals surface area (Å²) in [5, 5.41) is 9.14. The van der Waals surface area contributed by atoms with Crippen LogP contribution in [0.4, 0.5) is 5.82 Å². The zero-order valence-electron chi connectivity index (χ0n) is 9.16. The first-order chi connectivity index (χ1) is 7.34. The average molecular weight is 245 g/mol. The molecule has 1 heterocycles. The van der Waals surface area contributed by atoms with Gasteiger partial charge in [0, 0.05) is 19.8 Å². The second-order valence-corrected chi connectivity index (χ2v) is 5.60. The lowest BCUT2D eigenvalue weighted by atomic mass is 10.4. The molecule has 1 rings (SSSR count). The van der Waals surface area contributed by atoms with Crippen LogP contribution in [0.2, 0.25) is 0 Å². The average Bonchev–Trinajstić information content (AvgIpc) is 2.17. The maximum atomic E-state index is 11.9. The first kappa shape index (κ1) is 12.9. The zero-order chi connectivity index (χ0) is 12.3. The van der Waals surface area contributed by atoms with E-state index in [1.165, 1.54) is 32.3 Å². The second-order valence-electron chi connectivity index (χ2n) is 3.55. The molecule has 0 spiro atoms. The van der Waals surface area contributed by atoms with Crippen LogP contribution in [0.3, 0.4) is 0 Å². The number of sulfonamides is 1. The number of nitrogens with zero attached hydrogens (tertiary/aromatic N) is 2. The van der Waals surface area contributed by atoms with Crippen LogP contribution in [0.5, 0.6) is 0 Å². The Bertz CT molecular complexity index is 442. The van der Waals surface area contributed by atoms with Crippen molar-refractivity contribution < 1.29 is 13.5 Å². The van der Waals surface area contributed by atoms with Crippen molar-refractivity contribution in [2.24, 2.45) is 0 Å². The Labute approximate surface area is 94.8 Å². The van der Waals surface area contributed by atoms with Gasteiger partial charge in [0.05, 0.1) is 6.10 Å². The zero-order valence-corrected chi connectivity index (χ0v) is 9.98. The number of nitrogen functional groups attached to an aromatic ring is 1. The minimum absolute atomic E-state index is 0.0344. The van der Waals surface area contributed by atoms with E-state index in [1.54, 1.807) is 0 Å². The van der Waals surface area contributed by atoms with Crippen molar-refractivity contribution in [3.8, 4) is 0 Å². The van der Waals surface area contributed by atoms with Crippen molar-refractivity contribution in [1.29, 1.82) is 0 Å². The first-order valence-electron chi connectivity index (χ1n) is 4.70. The van der Waals surface area contributed by atoms with Gasteiger partial charge in [-0.25, -0.2) is 13.4 Å². The van der Waals surface area contributed by atoms with Crippen molar-refractivity contribution in [2.45, 2.75) is 17.9 Å². The standard InChI is InChI=1S/C9H15N3O3S/c1-7(13)6-12(2)16(14,15)8-3-4-9(10)11-5-8/h3-5,7,13H,6H2,1-2H3,(H2,10,11). The summed E-state index contributed by atoms with van der Waals surface area (Å²) in [5.41, 5.74) is 5.37. The van der Waals surface area contributed by atoms with Gasteiger partial charge in [-0.15, -0.1) is 0 Å². The summed E-state index contributed by atoms with van der Waals surface area (Å²) in [7, 11) is -2.19. The Kier molecular flexibility index (Phi) is 3.84. The number of likely N-dealkylation sites (N-methyl/N-ethyl adjacent to an activating group) is 1. The number of anilines is 1. The van der Waals surface area contributed by atoms with Crippen molar-refractivity contribution in [3.63, 3.8) is 0 Å². The van der Waals surface area contributed by atoms with E-state index >= 15 is 0 Å². The molecule has 0 bridgehead atoms. The molecule has 0 fully saturated rings. The molecule has 1 aromatic heterocycles. The van der Waals surface area contributed by atoms with E-state index in [0.717, 1.165) is 4.31 Å². The van der Waals surface area contributed by atoms with Gasteiger partial charge in [0.25, 0.3) is 0 Å². The fourth-order valence-electron chi connectivity index (χ4n) is 1.19. The van der Waals surface area contributed by atoms with Gasteiger partial charge in [-0.2, -0.15) is 4.31 Å². The molecule has 90 valence electrons. The summed E-state index contributed by atoms with van der Waals surface area (Å²) in [4.78, 5) is 3.78. The van der Waals surface area contributed by atoms with E-state index < -0.39 is 16.1 Å². The van der Waals surface area contributed by atoms with Crippen molar-refractivity contribution in [3.05, 3.63) is 18.3 Å². The van der Waals surface area contributed by atoms with E-state index in [4.69, 9.17) is 10.8 Å². The van der Waals surface area contributed by atoms with E-state index in [1.807, 2.05) is 0 Å². The Morgan fingerprint density at radius 1 is 1.56 bits per heavy atom. The van der Waals surface area contributed by atoms with Crippen molar-refractivity contribution in [2.75, 3.05) is 19.3 Å². The van der Waals surface area contributed by atoms with Gasteiger partial charge < -0.3 is 10.8 Å². The molecule has 0 saturated carbocycles. The molecule has 1 atom stereocenters. The topological polar surface area (TPSA) is 96.5 Å². The highest BCUT2D eigenvalue weighted by Gasteiger charge is 2.21. The second kappa shape index (κ2) is 4.77. The minimum atomic E-state index is -3.60. The normalized spacial score (nSPS) is 14.0. The van der Waals surface area contributed by atoms with Gasteiger partial charge in [-0.1, -0.05) is 0 Å². The predicted octanol–water partition coefficient (Wildman–Crippen LogP) is -0.335. The highest BCUT2D eigenvalue weighted by Crippen LogP contribution is 2.14. The van der Waals surface area contributed by atoms with E-state index in [2.05, 4.69) is 4.98 Å². The molecule has 0 amide bonds. The molecule has 0 aromatic carbocycles. The van der Waals surface area contributed by atoms with Crippen molar-refractivity contribution in [1.82, 2.24) is 9.29 Å². The number of rotatable bonds is 4. The molecule has 0 aliphatic heterocycles. The minimum Gasteiger partial charge on any atom is -0.392 e. The Hall–Kier alpha value is -1.18. The molecular weight excluding hydrogens is 230 g/mol. The van der Waals surface area contributed by atoms with Crippen LogP contribution in [0, 0.1) is 0 Å². The molecule has 7 heteroatoms. The lowest BCUT2D eigenvalue weighted by Gasteiger charge is -2.18. The molecule has 1 unspecified atom stereocenters. The highest BCUT2D eigenvalue weighted by atomic mass is 32.2. The fraction of sp³-hybridized carbons (Fsp3) is 0.444. The Morgan fingerprint density at radius 3 is 2.62 bits per heavy atom.